The van der Waals surface area contributed by atoms with Crippen LogP contribution in [-0.2, 0) is 5.60 Å². The van der Waals surface area contributed by atoms with E-state index in [1.165, 1.54) is 4.48 Å². The van der Waals surface area contributed by atoms with E-state index in [-0.39, 0.29) is 22.4 Å². The molecule has 2 bridgehead atoms. The predicted molar refractivity (Wildman–Crippen MR) is 128 cm³/mol. The van der Waals surface area contributed by atoms with E-state index in [0.29, 0.717) is 0 Å². The second-order valence-corrected chi connectivity index (χ2v) is 9.72. The maximum Gasteiger partial charge on any atom is 0.121 e. The molecule has 6 rings (SSSR count). The van der Waals surface area contributed by atoms with Crippen LogP contribution in [-0.4, -0.2) is 42.4 Å². The molecule has 174 valence electrons. The molecule has 0 unspecified atom stereocenters. The van der Waals surface area contributed by atoms with Crippen molar-refractivity contribution in [3.8, 4) is 5.75 Å². The van der Waals surface area contributed by atoms with Crippen LogP contribution < -0.4 is 21.7 Å². The van der Waals surface area contributed by atoms with E-state index in [1.807, 2.05) is 42.5 Å². The van der Waals surface area contributed by atoms with Gasteiger partial charge in [-0.2, -0.15) is 0 Å². The number of fused-ring (bicyclic) bond motifs is 3. The fourth-order valence-corrected chi connectivity index (χ4v) is 6.19. The van der Waals surface area contributed by atoms with Crippen molar-refractivity contribution >= 4 is 0 Å². The molecule has 3 aliphatic heterocycles. The lowest BCUT2D eigenvalue weighted by Crippen LogP contribution is -3.00. The van der Waals surface area contributed by atoms with E-state index in [1.54, 1.807) is 0 Å². The fraction of sp³-hybridized carbons (Fsp3) is 0.379. The Morgan fingerprint density at radius 1 is 0.727 bits per heavy atom. The highest BCUT2D eigenvalue weighted by molar-refractivity contribution is 5.39. The second-order valence-electron chi connectivity index (χ2n) is 9.72. The zero-order valence-electron chi connectivity index (χ0n) is 19.2. The first kappa shape index (κ1) is 24.0. The zero-order chi connectivity index (χ0) is 21.9. The van der Waals surface area contributed by atoms with Gasteiger partial charge in [-0.05, 0) is 23.3 Å². The normalized spacial score (nSPS) is 24.2. The van der Waals surface area contributed by atoms with Crippen LogP contribution in [0.25, 0.3) is 0 Å². The van der Waals surface area contributed by atoms with Crippen molar-refractivity contribution in [2.45, 2.75) is 31.3 Å². The molecule has 33 heavy (non-hydrogen) atoms. The molecule has 0 radical (unpaired) electrons. The molecule has 0 atom stereocenters. The minimum Gasteiger partial charge on any atom is -1.00 e. The van der Waals surface area contributed by atoms with E-state index in [9.17, 15) is 5.11 Å². The minimum atomic E-state index is -0.942. The van der Waals surface area contributed by atoms with Crippen molar-refractivity contribution < 1.29 is 31.3 Å². The van der Waals surface area contributed by atoms with Crippen molar-refractivity contribution in [3.63, 3.8) is 0 Å². The topological polar surface area (TPSA) is 29.5 Å². The fourth-order valence-electron chi connectivity index (χ4n) is 6.19. The Morgan fingerprint density at radius 3 is 1.67 bits per heavy atom. The van der Waals surface area contributed by atoms with Gasteiger partial charge in [0.25, 0.3) is 0 Å². The number of benzene rings is 3. The Balaban J connectivity index is 0.00000259. The number of aliphatic hydroxyl groups is 1. The first-order chi connectivity index (χ1) is 15.7. The predicted octanol–water partition coefficient (Wildman–Crippen LogP) is 2.40. The second kappa shape index (κ2) is 10.0. The number of hydrogen-bond donors (Lipinski definition) is 1. The molecule has 1 N–H and O–H groups in total. The van der Waals surface area contributed by atoms with Gasteiger partial charge < -0.3 is 31.3 Å². The van der Waals surface area contributed by atoms with E-state index < -0.39 is 5.60 Å². The quantitative estimate of drug-likeness (QED) is 0.374. The summed E-state index contributed by atoms with van der Waals surface area (Å²) in [5, 5.41) is 12.5. The number of para-hydroxylation sites is 1. The molecule has 0 amide bonds. The molecule has 3 saturated heterocycles. The Hall–Kier alpha value is -2.14. The highest BCUT2D eigenvalue weighted by atomic mass is 79.9. The van der Waals surface area contributed by atoms with E-state index in [4.69, 9.17) is 4.74 Å². The molecular formula is C29H34BrNO2. The van der Waals surface area contributed by atoms with Crippen molar-refractivity contribution in [2.75, 3.05) is 32.8 Å². The van der Waals surface area contributed by atoms with Crippen molar-refractivity contribution in [1.29, 1.82) is 0 Å². The first-order valence-corrected chi connectivity index (χ1v) is 12.0. The van der Waals surface area contributed by atoms with Gasteiger partial charge in [0.2, 0.25) is 0 Å². The van der Waals surface area contributed by atoms with Gasteiger partial charge in [0.1, 0.15) is 11.4 Å². The van der Waals surface area contributed by atoms with Crippen LogP contribution in [0.3, 0.4) is 0 Å². The molecule has 3 nitrogen and oxygen atoms in total. The minimum absolute atomic E-state index is 0. The third-order valence-electron chi connectivity index (χ3n) is 8.13. The first-order valence-electron chi connectivity index (χ1n) is 12.0. The molecule has 3 heterocycles. The van der Waals surface area contributed by atoms with Gasteiger partial charge >= 0.3 is 0 Å². The van der Waals surface area contributed by atoms with Crippen LogP contribution in [0.1, 0.15) is 36.8 Å². The number of rotatable bonds is 8. The van der Waals surface area contributed by atoms with Gasteiger partial charge in [-0.25, -0.2) is 0 Å². The summed E-state index contributed by atoms with van der Waals surface area (Å²) in [6.45, 7) is 5.37. The summed E-state index contributed by atoms with van der Waals surface area (Å²) in [4.78, 5) is 0. The largest absolute Gasteiger partial charge is 1.00 e. The van der Waals surface area contributed by atoms with Crippen LogP contribution >= 0.6 is 0 Å². The number of ether oxygens (including phenoxy) is 1. The van der Waals surface area contributed by atoms with E-state index in [0.717, 1.165) is 75.3 Å². The monoisotopic (exact) mass is 507 g/mol. The Morgan fingerprint density at radius 2 is 1.18 bits per heavy atom. The highest BCUT2D eigenvalue weighted by Crippen LogP contribution is 2.57. The number of piperidine rings is 3. The summed E-state index contributed by atoms with van der Waals surface area (Å²) in [6.07, 6.45) is 4.26. The summed E-state index contributed by atoms with van der Waals surface area (Å²) >= 11 is 0. The van der Waals surface area contributed by atoms with Crippen LogP contribution in [0.4, 0.5) is 0 Å². The smallest absolute Gasteiger partial charge is 0.121 e. The zero-order valence-corrected chi connectivity index (χ0v) is 20.8. The lowest BCUT2D eigenvalue weighted by Gasteiger charge is -2.60. The average Bonchev–Trinajstić information content (AvgIpc) is 2.89. The summed E-state index contributed by atoms with van der Waals surface area (Å²) in [7, 11) is 0. The van der Waals surface area contributed by atoms with E-state index >= 15 is 0 Å². The molecule has 0 aliphatic carbocycles. The maximum absolute atomic E-state index is 12.5. The average molecular weight is 509 g/mol. The summed E-state index contributed by atoms with van der Waals surface area (Å²) in [5.74, 6) is 0.958. The van der Waals surface area contributed by atoms with E-state index in [2.05, 4.69) is 48.5 Å². The van der Waals surface area contributed by atoms with Gasteiger partial charge in [0.15, 0.2) is 0 Å². The standard InChI is InChI=1S/C29H34NO2.BrH/c31-29(25-11-4-1-5-12-25,26-13-6-2-7-14-26)28-17-21-30(22-18-28,23-19-28)20-10-24-32-27-15-8-3-9-16-27;/h1-9,11-16,31H,10,17-24H2;1H/q+1;/p-1. The number of quaternary nitrogens is 1. The third kappa shape index (κ3) is 4.49. The SMILES string of the molecule is OC(c1ccccc1)(c1ccccc1)C12CC[N+](CCCOc3ccccc3)(CC1)CC2.[Br-]. The van der Waals surface area contributed by atoms with Crippen molar-refractivity contribution in [2.24, 2.45) is 5.41 Å². The molecule has 0 aromatic heterocycles. The van der Waals surface area contributed by atoms with Crippen LogP contribution in [0.5, 0.6) is 5.75 Å². The molecule has 0 saturated carbocycles. The van der Waals surface area contributed by atoms with Gasteiger partial charge in [-0.3, -0.25) is 0 Å². The van der Waals surface area contributed by atoms with Crippen LogP contribution in [0, 0.1) is 5.41 Å². The van der Waals surface area contributed by atoms with Crippen LogP contribution in [0.2, 0.25) is 0 Å². The van der Waals surface area contributed by atoms with Crippen molar-refractivity contribution in [3.05, 3.63) is 102 Å². The van der Waals surface area contributed by atoms with Gasteiger partial charge in [-0.15, -0.1) is 0 Å². The highest BCUT2D eigenvalue weighted by Gasteiger charge is 2.60. The number of hydrogen-bond acceptors (Lipinski definition) is 2. The van der Waals surface area contributed by atoms with Gasteiger partial charge in [0.05, 0.1) is 32.8 Å². The lowest BCUT2D eigenvalue weighted by molar-refractivity contribution is -0.946. The Kier molecular flexibility index (Phi) is 7.28. The molecular weight excluding hydrogens is 474 g/mol. The van der Waals surface area contributed by atoms with Gasteiger partial charge in [-0.1, -0.05) is 78.9 Å². The summed E-state index contributed by atoms with van der Waals surface area (Å²) < 4.78 is 7.12. The molecule has 0 spiro atoms. The number of halogens is 1. The molecule has 4 heteroatoms. The van der Waals surface area contributed by atoms with Crippen molar-refractivity contribution in [1.82, 2.24) is 0 Å². The Bertz CT molecular complexity index is 946. The number of nitrogens with zero attached hydrogens (tertiary/aromatic N) is 1. The lowest BCUT2D eigenvalue weighted by atomic mass is 9.56. The summed E-state index contributed by atoms with van der Waals surface area (Å²) in [6, 6.07) is 30.8. The molecule has 3 fully saturated rings. The van der Waals surface area contributed by atoms with Gasteiger partial charge in [0, 0.05) is 31.1 Å². The maximum atomic E-state index is 12.5. The molecule has 3 aliphatic rings. The molecule has 3 aromatic carbocycles. The third-order valence-corrected chi connectivity index (χ3v) is 8.13. The molecule has 3 aromatic rings. The Labute approximate surface area is 208 Å². The summed E-state index contributed by atoms with van der Waals surface area (Å²) in [5.41, 5.74) is 1.02. The van der Waals surface area contributed by atoms with Crippen LogP contribution in [0.15, 0.2) is 91.0 Å².